The van der Waals surface area contributed by atoms with Gasteiger partial charge >= 0.3 is 0 Å². The van der Waals surface area contributed by atoms with E-state index in [4.69, 9.17) is 28.4 Å². The van der Waals surface area contributed by atoms with E-state index < -0.39 is 42.3 Å². The Balaban J connectivity index is 1.83. The van der Waals surface area contributed by atoms with E-state index in [1.807, 2.05) is 30.3 Å². The van der Waals surface area contributed by atoms with E-state index in [0.29, 0.717) is 0 Å². The lowest BCUT2D eigenvalue weighted by Crippen LogP contribution is -2.73. The summed E-state index contributed by atoms with van der Waals surface area (Å²) in [6.07, 6.45) is -4.47. The van der Waals surface area contributed by atoms with Gasteiger partial charge in [0, 0.05) is 14.2 Å². The lowest BCUT2D eigenvalue weighted by molar-refractivity contribution is -0.484. The van der Waals surface area contributed by atoms with E-state index >= 15 is 0 Å². The maximum Gasteiger partial charge on any atom is 0.220 e. The number of rotatable bonds is 6. The minimum absolute atomic E-state index is 0.275. The molecule has 2 aliphatic heterocycles. The Kier molecular flexibility index (Phi) is 6.19. The van der Waals surface area contributed by atoms with Crippen molar-refractivity contribution in [1.29, 1.82) is 0 Å². The van der Waals surface area contributed by atoms with Crippen LogP contribution in [-0.2, 0) is 35.0 Å². The normalized spacial score (nSPS) is 41.9. The molecule has 0 radical (unpaired) electrons. The highest BCUT2D eigenvalue weighted by Gasteiger charge is 2.62. The zero-order valence-corrected chi connectivity index (χ0v) is 16.0. The molecule has 8 nitrogen and oxygen atoms in total. The average Bonchev–Trinajstić information content (AvgIpc) is 2.70. The number of aliphatic hydroxyl groups is 2. The molecule has 0 bridgehead atoms. The molecule has 2 heterocycles. The predicted molar refractivity (Wildman–Crippen MR) is 93.6 cm³/mol. The minimum atomic E-state index is -1.27. The number of ether oxygens (including phenoxy) is 6. The molecule has 8 heteroatoms. The van der Waals surface area contributed by atoms with Gasteiger partial charge in [-0.1, -0.05) is 30.3 Å². The molecule has 7 atom stereocenters. The molecule has 0 spiro atoms. The van der Waals surface area contributed by atoms with E-state index in [-0.39, 0.29) is 13.2 Å². The molecule has 2 saturated heterocycles. The quantitative estimate of drug-likeness (QED) is 0.743. The summed E-state index contributed by atoms with van der Waals surface area (Å²) in [6.45, 7) is 3.25. The van der Waals surface area contributed by atoms with E-state index in [2.05, 4.69) is 0 Å². The van der Waals surface area contributed by atoms with Crippen molar-refractivity contribution in [3.8, 4) is 0 Å². The van der Waals surface area contributed by atoms with Gasteiger partial charge < -0.3 is 38.6 Å². The molecule has 27 heavy (non-hydrogen) atoms. The summed E-state index contributed by atoms with van der Waals surface area (Å²) >= 11 is 0. The fourth-order valence-corrected chi connectivity index (χ4v) is 3.39. The summed E-state index contributed by atoms with van der Waals surface area (Å²) in [6, 6.07) is 9.60. The third kappa shape index (κ3) is 3.76. The maximum atomic E-state index is 10.6. The highest BCUT2D eigenvalue weighted by Crippen LogP contribution is 2.43. The van der Waals surface area contributed by atoms with Crippen molar-refractivity contribution in [3.05, 3.63) is 35.9 Å². The van der Waals surface area contributed by atoms with Crippen molar-refractivity contribution >= 4 is 0 Å². The molecule has 0 aliphatic carbocycles. The summed E-state index contributed by atoms with van der Waals surface area (Å²) in [5.41, 5.74) is 0.956. The second-order valence-electron chi connectivity index (χ2n) is 6.98. The highest BCUT2D eigenvalue weighted by molar-refractivity contribution is 5.13. The molecule has 0 unspecified atom stereocenters. The van der Waals surface area contributed by atoms with Crippen molar-refractivity contribution in [2.75, 3.05) is 20.8 Å². The summed E-state index contributed by atoms with van der Waals surface area (Å²) in [4.78, 5) is 0. The number of hydrogen-bond acceptors (Lipinski definition) is 8. The Morgan fingerprint density at radius 1 is 1.00 bits per heavy atom. The molecular formula is C19H28O8. The molecule has 3 rings (SSSR count). The Morgan fingerprint density at radius 2 is 1.59 bits per heavy atom. The zero-order valence-electron chi connectivity index (χ0n) is 16.0. The second-order valence-corrected chi connectivity index (χ2v) is 6.98. The van der Waals surface area contributed by atoms with Crippen molar-refractivity contribution in [3.63, 3.8) is 0 Å². The molecule has 2 aliphatic rings. The topological polar surface area (TPSA) is 95.8 Å². The molecule has 0 amide bonds. The van der Waals surface area contributed by atoms with Gasteiger partial charge in [-0.25, -0.2) is 0 Å². The van der Waals surface area contributed by atoms with Gasteiger partial charge in [0.15, 0.2) is 6.29 Å². The van der Waals surface area contributed by atoms with Gasteiger partial charge in [0.05, 0.1) is 13.2 Å². The predicted octanol–water partition coefficient (Wildman–Crippen LogP) is 0.790. The first-order chi connectivity index (χ1) is 12.9. The number of aliphatic hydroxyl groups excluding tert-OH is 2. The molecule has 0 saturated carbocycles. The van der Waals surface area contributed by atoms with E-state index in [0.717, 1.165) is 5.56 Å². The first-order valence-corrected chi connectivity index (χ1v) is 8.93. The van der Waals surface area contributed by atoms with Crippen molar-refractivity contribution < 1.29 is 38.6 Å². The molecule has 1 aromatic carbocycles. The van der Waals surface area contributed by atoms with Crippen molar-refractivity contribution in [2.45, 2.75) is 62.7 Å². The van der Waals surface area contributed by atoms with Crippen LogP contribution in [0.4, 0.5) is 0 Å². The van der Waals surface area contributed by atoms with Gasteiger partial charge in [-0.2, -0.15) is 0 Å². The lowest BCUT2D eigenvalue weighted by Gasteiger charge is -2.56. The Hall–Kier alpha value is -1.10. The fourth-order valence-electron chi connectivity index (χ4n) is 3.39. The van der Waals surface area contributed by atoms with Crippen LogP contribution in [0.25, 0.3) is 0 Å². The number of hydrogen-bond donors (Lipinski definition) is 2. The monoisotopic (exact) mass is 384 g/mol. The van der Waals surface area contributed by atoms with Crippen LogP contribution in [0, 0.1) is 0 Å². The SMILES string of the molecule is CO[C@@]1(C)O[C@@H]2[C@@H](OCc3ccccc3)O[C@H](CO)[C@@H](O)[C@@H]2O[C@]1(C)OC. The molecule has 1 aromatic rings. The zero-order chi connectivity index (χ0) is 19.7. The maximum absolute atomic E-state index is 10.6. The van der Waals surface area contributed by atoms with E-state index in [9.17, 15) is 10.2 Å². The van der Waals surface area contributed by atoms with Crippen LogP contribution < -0.4 is 0 Å². The highest BCUT2D eigenvalue weighted by atomic mass is 16.8. The van der Waals surface area contributed by atoms with Gasteiger partial charge in [-0.15, -0.1) is 0 Å². The third-order valence-corrected chi connectivity index (χ3v) is 5.38. The largest absolute Gasteiger partial charge is 0.394 e. The third-order valence-electron chi connectivity index (χ3n) is 5.38. The van der Waals surface area contributed by atoms with Gasteiger partial charge in [-0.05, 0) is 19.4 Å². The Morgan fingerprint density at radius 3 is 2.15 bits per heavy atom. The van der Waals surface area contributed by atoms with Gasteiger partial charge in [-0.3, -0.25) is 0 Å². The Bertz CT molecular complexity index is 613. The van der Waals surface area contributed by atoms with E-state index in [1.54, 1.807) is 13.8 Å². The van der Waals surface area contributed by atoms with Crippen LogP contribution in [0.2, 0.25) is 0 Å². The summed E-state index contributed by atoms with van der Waals surface area (Å²) < 4.78 is 34.9. The Labute approximate surface area is 158 Å². The second kappa shape index (κ2) is 8.10. The summed E-state index contributed by atoms with van der Waals surface area (Å²) in [5, 5.41) is 20.2. The van der Waals surface area contributed by atoms with Crippen LogP contribution in [0.3, 0.4) is 0 Å². The fraction of sp³-hybridized carbons (Fsp3) is 0.684. The van der Waals surface area contributed by atoms with Gasteiger partial charge in [0.25, 0.3) is 0 Å². The average molecular weight is 384 g/mol. The lowest BCUT2D eigenvalue weighted by atomic mass is 9.94. The smallest absolute Gasteiger partial charge is 0.220 e. The molecular weight excluding hydrogens is 356 g/mol. The van der Waals surface area contributed by atoms with Crippen LogP contribution in [-0.4, -0.2) is 73.3 Å². The first-order valence-electron chi connectivity index (χ1n) is 8.93. The number of fused-ring (bicyclic) bond motifs is 1. The van der Waals surface area contributed by atoms with Crippen LogP contribution in [0.1, 0.15) is 19.4 Å². The molecule has 2 fully saturated rings. The van der Waals surface area contributed by atoms with Gasteiger partial charge in [0.1, 0.15) is 24.4 Å². The van der Waals surface area contributed by atoms with Crippen LogP contribution in [0.5, 0.6) is 0 Å². The number of methoxy groups -OCH3 is 2. The van der Waals surface area contributed by atoms with Crippen molar-refractivity contribution in [2.24, 2.45) is 0 Å². The molecule has 2 N–H and O–H groups in total. The first kappa shape index (κ1) is 20.6. The standard InChI is InChI=1S/C19H28O8/c1-18(22-3)19(2,23-4)27-16-15(26-18)14(21)13(10-20)25-17(16)24-11-12-8-6-5-7-9-12/h5-9,13-17,20-21H,10-11H2,1-4H3/t13-,14-,15+,16+,17+,18+,19+/m1/s1. The molecule has 152 valence electrons. The van der Waals surface area contributed by atoms with Crippen molar-refractivity contribution in [1.82, 2.24) is 0 Å². The van der Waals surface area contributed by atoms with Crippen LogP contribution >= 0.6 is 0 Å². The van der Waals surface area contributed by atoms with Gasteiger partial charge in [0.2, 0.25) is 11.6 Å². The van der Waals surface area contributed by atoms with Crippen LogP contribution in [0.15, 0.2) is 30.3 Å². The molecule has 0 aromatic heterocycles. The number of benzene rings is 1. The summed E-state index contributed by atoms with van der Waals surface area (Å²) in [7, 11) is 2.96. The minimum Gasteiger partial charge on any atom is -0.394 e. The summed E-state index contributed by atoms with van der Waals surface area (Å²) in [5.74, 6) is -2.53. The van der Waals surface area contributed by atoms with E-state index in [1.165, 1.54) is 14.2 Å².